The van der Waals surface area contributed by atoms with E-state index in [2.05, 4.69) is 0 Å². The summed E-state index contributed by atoms with van der Waals surface area (Å²) in [6.07, 6.45) is 8.65. The highest BCUT2D eigenvalue weighted by Crippen LogP contribution is 2.47. The van der Waals surface area contributed by atoms with Crippen molar-refractivity contribution in [2.24, 2.45) is 17.8 Å². The van der Waals surface area contributed by atoms with Crippen molar-refractivity contribution < 1.29 is 14.4 Å². The van der Waals surface area contributed by atoms with Crippen molar-refractivity contribution in [3.05, 3.63) is 0 Å². The lowest BCUT2D eigenvalue weighted by Crippen LogP contribution is -2.49. The van der Waals surface area contributed by atoms with Gasteiger partial charge in [-0.15, -0.1) is 0 Å². The Morgan fingerprint density at radius 1 is 1.00 bits per heavy atom. The van der Waals surface area contributed by atoms with Crippen LogP contribution in [0.1, 0.15) is 57.8 Å². The van der Waals surface area contributed by atoms with Crippen molar-refractivity contribution in [2.45, 2.75) is 63.8 Å². The lowest BCUT2D eigenvalue weighted by atomic mass is 9.94. The first-order valence-corrected chi connectivity index (χ1v) is 10.9. The van der Waals surface area contributed by atoms with Gasteiger partial charge < -0.3 is 14.7 Å². The fraction of sp³-hybridized carbons (Fsp3) is 0.857. The number of hydrogen-bond acceptors (Lipinski definition) is 3. The zero-order chi connectivity index (χ0) is 19.0. The monoisotopic (exact) mass is 375 g/mol. The van der Waals surface area contributed by atoms with E-state index < -0.39 is 0 Å². The molecule has 0 aromatic carbocycles. The third-order valence-corrected chi connectivity index (χ3v) is 6.88. The molecule has 0 N–H and O–H groups in total. The maximum atomic E-state index is 13.1. The highest BCUT2D eigenvalue weighted by molar-refractivity contribution is 5.84. The van der Waals surface area contributed by atoms with Gasteiger partial charge in [0.25, 0.3) is 0 Å². The maximum absolute atomic E-state index is 13.1. The summed E-state index contributed by atoms with van der Waals surface area (Å²) in [5.41, 5.74) is 0. The van der Waals surface area contributed by atoms with Crippen LogP contribution in [-0.2, 0) is 14.4 Å². The summed E-state index contributed by atoms with van der Waals surface area (Å²) in [6, 6.07) is 0.435. The maximum Gasteiger partial charge on any atom is 0.227 e. The molecule has 4 aliphatic rings. The van der Waals surface area contributed by atoms with Crippen molar-refractivity contribution in [1.82, 2.24) is 14.7 Å². The highest BCUT2D eigenvalue weighted by atomic mass is 16.2. The Labute approximate surface area is 162 Å². The first-order chi connectivity index (χ1) is 13.0. The Bertz CT molecular complexity index is 587. The van der Waals surface area contributed by atoms with E-state index in [1.807, 2.05) is 21.7 Å². The molecule has 0 aromatic heterocycles. The summed E-state index contributed by atoms with van der Waals surface area (Å²) < 4.78 is 0. The molecular weight excluding hydrogens is 342 g/mol. The smallest absolute Gasteiger partial charge is 0.227 e. The second-order valence-electron chi connectivity index (χ2n) is 9.03. The number of carbonyl (C=O) groups excluding carboxylic acids is 3. The van der Waals surface area contributed by atoms with Crippen molar-refractivity contribution in [2.75, 3.05) is 33.2 Å². The number of rotatable bonds is 8. The Morgan fingerprint density at radius 3 is 2.22 bits per heavy atom. The first kappa shape index (κ1) is 18.8. The van der Waals surface area contributed by atoms with E-state index in [0.717, 1.165) is 25.9 Å². The van der Waals surface area contributed by atoms with Gasteiger partial charge >= 0.3 is 0 Å². The second kappa shape index (κ2) is 7.80. The van der Waals surface area contributed by atoms with E-state index in [0.29, 0.717) is 50.2 Å². The Hall–Kier alpha value is -1.59. The van der Waals surface area contributed by atoms with E-state index in [-0.39, 0.29) is 23.6 Å². The van der Waals surface area contributed by atoms with Crippen LogP contribution in [0.3, 0.4) is 0 Å². The standard InChI is InChI=1S/C21H33N3O3/c1-22(20(15-5-6-15)16-7-8-16)21(27)17-9-10-19(26)24(14-17)13-3-12-23-11-2-4-18(23)25/h15-17,20H,2-14H2,1H3/t17-/m0/s1. The molecule has 0 radical (unpaired) electrons. The quantitative estimate of drug-likeness (QED) is 0.651. The number of nitrogens with zero attached hydrogens (tertiary/aromatic N) is 3. The van der Waals surface area contributed by atoms with Crippen molar-refractivity contribution >= 4 is 17.7 Å². The SMILES string of the molecule is CN(C(=O)[C@H]1CCC(=O)N(CCCN2CCCC2=O)C1)C(C1CC1)C1CC1. The molecule has 4 fully saturated rings. The summed E-state index contributed by atoms with van der Waals surface area (Å²) in [6.45, 7) is 2.79. The summed E-state index contributed by atoms with van der Waals surface area (Å²) in [5.74, 6) is 2.01. The molecule has 0 unspecified atom stereocenters. The van der Waals surface area contributed by atoms with Gasteiger partial charge in [0.15, 0.2) is 0 Å². The predicted molar refractivity (Wildman–Crippen MR) is 102 cm³/mol. The molecule has 3 amide bonds. The molecule has 0 bridgehead atoms. The molecule has 0 aromatic rings. The summed E-state index contributed by atoms with van der Waals surface area (Å²) in [5, 5.41) is 0. The van der Waals surface area contributed by atoms with E-state index in [1.165, 1.54) is 25.7 Å². The number of carbonyl (C=O) groups is 3. The Kier molecular flexibility index (Phi) is 5.42. The summed E-state index contributed by atoms with van der Waals surface area (Å²) >= 11 is 0. The second-order valence-corrected chi connectivity index (χ2v) is 9.03. The van der Waals surface area contributed by atoms with Crippen molar-refractivity contribution in [1.29, 1.82) is 0 Å². The molecule has 6 nitrogen and oxygen atoms in total. The van der Waals surface area contributed by atoms with Gasteiger partial charge in [0.05, 0.1) is 5.92 Å². The van der Waals surface area contributed by atoms with Crippen LogP contribution < -0.4 is 0 Å². The molecule has 2 aliphatic heterocycles. The van der Waals surface area contributed by atoms with Gasteiger partial charge in [0.1, 0.15) is 0 Å². The predicted octanol–water partition coefficient (Wildman–Crippen LogP) is 1.88. The average molecular weight is 376 g/mol. The van der Waals surface area contributed by atoms with Crippen molar-refractivity contribution in [3.8, 4) is 0 Å². The minimum atomic E-state index is -0.0545. The number of hydrogen-bond donors (Lipinski definition) is 0. The normalized spacial score (nSPS) is 26.2. The van der Waals surface area contributed by atoms with Gasteiger partial charge in [-0.1, -0.05) is 0 Å². The fourth-order valence-electron chi connectivity index (χ4n) is 5.05. The van der Waals surface area contributed by atoms with Crippen molar-refractivity contribution in [3.63, 3.8) is 0 Å². The minimum Gasteiger partial charge on any atom is -0.343 e. The van der Waals surface area contributed by atoms with E-state index in [1.54, 1.807) is 0 Å². The van der Waals surface area contributed by atoms with Crippen LogP contribution in [0.2, 0.25) is 0 Å². The Morgan fingerprint density at radius 2 is 1.63 bits per heavy atom. The third kappa shape index (κ3) is 4.30. The molecule has 0 spiro atoms. The van der Waals surface area contributed by atoms with E-state index in [9.17, 15) is 14.4 Å². The molecule has 2 saturated heterocycles. The summed E-state index contributed by atoms with van der Waals surface area (Å²) in [7, 11) is 1.99. The highest BCUT2D eigenvalue weighted by Gasteiger charge is 2.46. The van der Waals surface area contributed by atoms with Crippen LogP contribution in [0.4, 0.5) is 0 Å². The molecule has 6 heteroatoms. The van der Waals surface area contributed by atoms with Gasteiger partial charge in [-0.2, -0.15) is 0 Å². The molecule has 2 saturated carbocycles. The van der Waals surface area contributed by atoms with Gasteiger partial charge in [-0.3, -0.25) is 14.4 Å². The zero-order valence-electron chi connectivity index (χ0n) is 16.6. The molecule has 1 atom stereocenters. The van der Waals surface area contributed by atoms with Gasteiger partial charge in [-0.05, 0) is 56.8 Å². The van der Waals surface area contributed by atoms with E-state index >= 15 is 0 Å². The summed E-state index contributed by atoms with van der Waals surface area (Å²) in [4.78, 5) is 43.0. The Balaban J connectivity index is 1.29. The molecule has 150 valence electrons. The molecule has 27 heavy (non-hydrogen) atoms. The molecule has 4 rings (SSSR count). The van der Waals surface area contributed by atoms with Crippen LogP contribution in [0.15, 0.2) is 0 Å². The van der Waals surface area contributed by atoms with Crippen LogP contribution in [0.5, 0.6) is 0 Å². The third-order valence-electron chi connectivity index (χ3n) is 6.88. The lowest BCUT2D eigenvalue weighted by molar-refractivity contribution is -0.144. The van der Waals surface area contributed by atoms with Crippen LogP contribution in [0, 0.1) is 17.8 Å². The minimum absolute atomic E-state index is 0.0545. The topological polar surface area (TPSA) is 60.9 Å². The number of amides is 3. The van der Waals surface area contributed by atoms with Gasteiger partial charge in [0, 0.05) is 52.1 Å². The van der Waals surface area contributed by atoms with Crippen LogP contribution in [-0.4, -0.2) is 71.7 Å². The van der Waals surface area contributed by atoms with Crippen LogP contribution >= 0.6 is 0 Å². The zero-order valence-corrected chi connectivity index (χ0v) is 16.6. The van der Waals surface area contributed by atoms with E-state index in [4.69, 9.17) is 0 Å². The van der Waals surface area contributed by atoms with Gasteiger partial charge in [-0.25, -0.2) is 0 Å². The lowest BCUT2D eigenvalue weighted by Gasteiger charge is -2.37. The molecule has 2 heterocycles. The number of likely N-dealkylation sites (tertiary alicyclic amines) is 2. The average Bonchev–Trinajstić information content (AvgIpc) is 3.58. The number of piperidine rings is 1. The first-order valence-electron chi connectivity index (χ1n) is 10.9. The largest absolute Gasteiger partial charge is 0.343 e. The molecule has 2 aliphatic carbocycles. The molecular formula is C21H33N3O3. The van der Waals surface area contributed by atoms with Gasteiger partial charge in [0.2, 0.25) is 17.7 Å². The fourth-order valence-corrected chi connectivity index (χ4v) is 5.05. The van der Waals surface area contributed by atoms with Crippen LogP contribution in [0.25, 0.3) is 0 Å².